The van der Waals surface area contributed by atoms with Crippen molar-refractivity contribution in [1.29, 1.82) is 5.26 Å². The maximum Gasteiger partial charge on any atom is 0.235 e. The third-order valence-corrected chi connectivity index (χ3v) is 3.68. The summed E-state index contributed by atoms with van der Waals surface area (Å²) in [4.78, 5) is 11.7. The van der Waals surface area contributed by atoms with Crippen molar-refractivity contribution in [3.8, 4) is 6.07 Å². The smallest absolute Gasteiger partial charge is 0.235 e. The van der Waals surface area contributed by atoms with Gasteiger partial charge in [-0.1, -0.05) is 23.7 Å². The van der Waals surface area contributed by atoms with Gasteiger partial charge in [-0.2, -0.15) is 10.4 Å². The number of nitrogens with zero attached hydrogens (tertiary/aromatic N) is 3. The number of nitrogens with one attached hydrogen (secondary N) is 1. The van der Waals surface area contributed by atoms with Gasteiger partial charge in [0.05, 0.1) is 30.3 Å². The number of aromatic nitrogens is 2. The van der Waals surface area contributed by atoms with Crippen molar-refractivity contribution in [2.75, 3.05) is 16.8 Å². The minimum absolute atomic E-state index is 0.145. The summed E-state index contributed by atoms with van der Waals surface area (Å²) in [6.45, 7) is 0.547. The van der Waals surface area contributed by atoms with Crippen molar-refractivity contribution in [3.05, 3.63) is 47.1 Å². The molecule has 0 saturated heterocycles. The number of anilines is 1. The Morgan fingerprint density at radius 3 is 2.86 bits per heavy atom. The second kappa shape index (κ2) is 7.72. The summed E-state index contributed by atoms with van der Waals surface area (Å²) < 4.78 is 1.70. The van der Waals surface area contributed by atoms with Crippen LogP contribution in [0.25, 0.3) is 0 Å². The van der Waals surface area contributed by atoms with Gasteiger partial charge in [0.25, 0.3) is 0 Å². The Morgan fingerprint density at radius 2 is 2.14 bits per heavy atom. The molecule has 2 rings (SSSR count). The lowest BCUT2D eigenvalue weighted by molar-refractivity contribution is -0.113. The lowest BCUT2D eigenvalue weighted by atomic mass is 10.2. The van der Waals surface area contributed by atoms with Crippen LogP contribution in [-0.2, 0) is 11.3 Å². The molecule has 1 N–H and O–H groups in total. The molecule has 0 atom stereocenters. The number of carbonyl (C=O) groups excluding carboxylic acids is 1. The predicted octanol–water partition coefficient (Wildman–Crippen LogP) is 2.78. The quantitative estimate of drug-likeness (QED) is 0.831. The highest BCUT2D eigenvalue weighted by Gasteiger charge is 2.08. The van der Waals surface area contributed by atoms with E-state index in [4.69, 9.17) is 16.9 Å². The number of halogens is 1. The number of thioether (sulfide) groups is 1. The summed E-state index contributed by atoms with van der Waals surface area (Å²) in [5.74, 6) is 1.04. The van der Waals surface area contributed by atoms with E-state index in [1.165, 1.54) is 11.8 Å². The van der Waals surface area contributed by atoms with Crippen LogP contribution in [-0.4, -0.2) is 27.2 Å². The molecule has 0 radical (unpaired) electrons. The standard InChI is InChI=1S/C14H13ClN4OS/c15-12-3-1-11(2-4-12)9-19-13(5-7-17-19)18-14(20)10-21-8-6-16/h1-5,7H,8-10H2,(H,18,20). The Morgan fingerprint density at radius 1 is 1.38 bits per heavy atom. The summed E-state index contributed by atoms with van der Waals surface area (Å²) in [6.07, 6.45) is 1.63. The van der Waals surface area contributed by atoms with Gasteiger partial charge >= 0.3 is 0 Å². The van der Waals surface area contributed by atoms with Crippen LogP contribution in [0.5, 0.6) is 0 Å². The number of hydrogen-bond donors (Lipinski definition) is 1. The first-order chi connectivity index (χ1) is 10.2. The largest absolute Gasteiger partial charge is 0.310 e. The highest BCUT2D eigenvalue weighted by Crippen LogP contribution is 2.14. The summed E-state index contributed by atoms with van der Waals surface area (Å²) in [7, 11) is 0. The van der Waals surface area contributed by atoms with Crippen LogP contribution >= 0.6 is 23.4 Å². The van der Waals surface area contributed by atoms with E-state index in [9.17, 15) is 4.79 Å². The van der Waals surface area contributed by atoms with Crippen LogP contribution in [0.2, 0.25) is 5.02 Å². The highest BCUT2D eigenvalue weighted by molar-refractivity contribution is 8.00. The van der Waals surface area contributed by atoms with Gasteiger partial charge in [-0.05, 0) is 17.7 Å². The molecule has 0 aliphatic heterocycles. The molecule has 1 aromatic carbocycles. The number of amides is 1. The molecule has 108 valence electrons. The average molecular weight is 321 g/mol. The summed E-state index contributed by atoms with van der Waals surface area (Å²) in [6, 6.07) is 11.2. The maximum atomic E-state index is 11.7. The van der Waals surface area contributed by atoms with Crippen molar-refractivity contribution in [1.82, 2.24) is 9.78 Å². The van der Waals surface area contributed by atoms with Crippen molar-refractivity contribution >= 4 is 35.1 Å². The Kier molecular flexibility index (Phi) is 5.67. The van der Waals surface area contributed by atoms with E-state index in [0.717, 1.165) is 5.56 Å². The fraction of sp³-hybridized carbons (Fsp3) is 0.214. The molecule has 2 aromatic rings. The van der Waals surface area contributed by atoms with Gasteiger partial charge in [-0.15, -0.1) is 11.8 Å². The minimum Gasteiger partial charge on any atom is -0.310 e. The van der Waals surface area contributed by atoms with Gasteiger partial charge in [-0.3, -0.25) is 4.79 Å². The SMILES string of the molecule is N#CCSCC(=O)Nc1ccnn1Cc1ccc(Cl)cc1. The average Bonchev–Trinajstić information content (AvgIpc) is 2.89. The van der Waals surface area contributed by atoms with E-state index in [1.807, 2.05) is 30.3 Å². The summed E-state index contributed by atoms with van der Waals surface area (Å²) in [5.41, 5.74) is 1.04. The molecule has 0 unspecified atom stereocenters. The number of nitriles is 1. The molecule has 5 nitrogen and oxygen atoms in total. The molecule has 0 aliphatic rings. The van der Waals surface area contributed by atoms with Crippen molar-refractivity contribution in [2.24, 2.45) is 0 Å². The lowest BCUT2D eigenvalue weighted by Crippen LogP contribution is -2.18. The molecule has 0 saturated carbocycles. The molecule has 0 bridgehead atoms. The third-order valence-electron chi connectivity index (χ3n) is 2.63. The Balaban J connectivity index is 1.97. The second-order valence-electron chi connectivity index (χ2n) is 4.20. The van der Waals surface area contributed by atoms with Crippen LogP contribution in [0.1, 0.15) is 5.56 Å². The fourth-order valence-electron chi connectivity index (χ4n) is 1.70. The molecular formula is C14H13ClN4OS. The van der Waals surface area contributed by atoms with E-state index >= 15 is 0 Å². The zero-order valence-corrected chi connectivity index (χ0v) is 12.7. The monoisotopic (exact) mass is 320 g/mol. The molecule has 1 heterocycles. The highest BCUT2D eigenvalue weighted by atomic mass is 35.5. The Labute approximate surface area is 131 Å². The maximum absolute atomic E-state index is 11.7. The first-order valence-electron chi connectivity index (χ1n) is 6.20. The zero-order valence-electron chi connectivity index (χ0n) is 11.1. The molecule has 0 aliphatic carbocycles. The third kappa shape index (κ3) is 4.81. The van der Waals surface area contributed by atoms with Gasteiger partial charge in [0.15, 0.2) is 0 Å². The minimum atomic E-state index is -0.145. The summed E-state index contributed by atoms with van der Waals surface area (Å²) in [5, 5.41) is 16.1. The number of hydrogen-bond acceptors (Lipinski definition) is 4. The van der Waals surface area contributed by atoms with Crippen molar-refractivity contribution < 1.29 is 4.79 Å². The normalized spacial score (nSPS) is 10.1. The van der Waals surface area contributed by atoms with Crippen LogP contribution in [0, 0.1) is 11.3 Å². The van der Waals surface area contributed by atoms with Crippen LogP contribution in [0.4, 0.5) is 5.82 Å². The number of benzene rings is 1. The predicted molar refractivity (Wildman–Crippen MR) is 84.3 cm³/mol. The van der Waals surface area contributed by atoms with Gasteiger partial charge < -0.3 is 5.32 Å². The van der Waals surface area contributed by atoms with Gasteiger partial charge in [0.2, 0.25) is 5.91 Å². The van der Waals surface area contributed by atoms with E-state index in [2.05, 4.69) is 10.4 Å². The summed E-state index contributed by atoms with van der Waals surface area (Å²) >= 11 is 7.13. The Bertz CT molecular complexity index is 648. The molecule has 1 amide bonds. The van der Waals surface area contributed by atoms with E-state index < -0.39 is 0 Å². The fourth-order valence-corrected chi connectivity index (χ4v) is 2.27. The lowest BCUT2D eigenvalue weighted by Gasteiger charge is -2.09. The molecule has 7 heteroatoms. The van der Waals surface area contributed by atoms with E-state index in [-0.39, 0.29) is 11.7 Å². The van der Waals surface area contributed by atoms with Crippen LogP contribution in [0.15, 0.2) is 36.5 Å². The van der Waals surface area contributed by atoms with Gasteiger partial charge in [0, 0.05) is 11.1 Å². The van der Waals surface area contributed by atoms with E-state index in [1.54, 1.807) is 16.9 Å². The molecule has 0 fully saturated rings. The first-order valence-corrected chi connectivity index (χ1v) is 7.73. The van der Waals surface area contributed by atoms with E-state index in [0.29, 0.717) is 23.1 Å². The second-order valence-corrected chi connectivity index (χ2v) is 5.62. The molecular weight excluding hydrogens is 308 g/mol. The molecule has 0 spiro atoms. The zero-order chi connectivity index (χ0) is 15.1. The van der Waals surface area contributed by atoms with Gasteiger partial charge in [-0.25, -0.2) is 4.68 Å². The first kappa shape index (κ1) is 15.4. The van der Waals surface area contributed by atoms with Gasteiger partial charge in [0.1, 0.15) is 5.82 Å². The Hall–Kier alpha value is -1.97. The van der Waals surface area contributed by atoms with Crippen LogP contribution < -0.4 is 5.32 Å². The molecule has 1 aromatic heterocycles. The number of rotatable bonds is 6. The topological polar surface area (TPSA) is 70.7 Å². The van der Waals surface area contributed by atoms with Crippen molar-refractivity contribution in [3.63, 3.8) is 0 Å². The number of carbonyl (C=O) groups is 1. The van der Waals surface area contributed by atoms with Crippen LogP contribution in [0.3, 0.4) is 0 Å². The van der Waals surface area contributed by atoms with Crippen molar-refractivity contribution in [2.45, 2.75) is 6.54 Å². The molecule has 21 heavy (non-hydrogen) atoms.